The minimum Gasteiger partial charge on any atom is -0.339 e. The molecule has 9 heteroatoms. The molecule has 0 saturated carbocycles. The average Bonchev–Trinajstić information content (AvgIpc) is 3.28. The van der Waals surface area contributed by atoms with E-state index in [-0.39, 0.29) is 30.7 Å². The number of hydrogen-bond acceptors (Lipinski definition) is 5. The van der Waals surface area contributed by atoms with E-state index in [1.165, 1.54) is 24.7 Å². The monoisotopic (exact) mass is 429 g/mol. The lowest BCUT2D eigenvalue weighted by atomic mass is 9.98. The number of carbonyl (C=O) groups is 1. The van der Waals surface area contributed by atoms with Crippen LogP contribution in [0.2, 0.25) is 0 Å². The van der Waals surface area contributed by atoms with E-state index < -0.39 is 0 Å². The highest BCUT2D eigenvalue weighted by molar-refractivity contribution is 7.98. The van der Waals surface area contributed by atoms with E-state index in [2.05, 4.69) is 20.5 Å². The van der Waals surface area contributed by atoms with Crippen molar-refractivity contribution >= 4 is 42.5 Å². The summed E-state index contributed by atoms with van der Waals surface area (Å²) in [6.45, 7) is 0. The zero-order valence-electron chi connectivity index (χ0n) is 15.1. The molecule has 2 fully saturated rings. The second-order valence-electron chi connectivity index (χ2n) is 6.96. The van der Waals surface area contributed by atoms with Crippen molar-refractivity contribution in [2.24, 2.45) is 0 Å². The summed E-state index contributed by atoms with van der Waals surface area (Å²) in [7, 11) is 1.95. The smallest absolute Gasteiger partial charge is 0.253 e. The van der Waals surface area contributed by atoms with Gasteiger partial charge in [0.15, 0.2) is 5.16 Å². The Kier molecular flexibility index (Phi) is 7.97. The number of aromatic amines is 1. The number of thioether (sulfide) groups is 1. The Bertz CT molecular complexity index is 716. The Morgan fingerprint density at radius 1 is 1.19 bits per heavy atom. The van der Waals surface area contributed by atoms with Crippen LogP contribution in [0.5, 0.6) is 0 Å². The first kappa shape index (κ1) is 22.0. The number of aromatic nitrogens is 3. The van der Waals surface area contributed by atoms with Crippen LogP contribution in [0.4, 0.5) is 0 Å². The van der Waals surface area contributed by atoms with E-state index in [4.69, 9.17) is 0 Å². The van der Waals surface area contributed by atoms with Crippen LogP contribution in [0.3, 0.4) is 0 Å². The van der Waals surface area contributed by atoms with E-state index in [9.17, 15) is 4.79 Å². The van der Waals surface area contributed by atoms with Gasteiger partial charge < -0.3 is 10.2 Å². The van der Waals surface area contributed by atoms with Gasteiger partial charge in [0.05, 0.1) is 0 Å². The van der Waals surface area contributed by atoms with E-state index in [1.54, 1.807) is 11.8 Å². The molecule has 1 aromatic carbocycles. The quantitative estimate of drug-likeness (QED) is 0.713. The number of carbonyl (C=O) groups excluding carboxylic acids is 1. The molecule has 4 rings (SSSR count). The van der Waals surface area contributed by atoms with Crippen molar-refractivity contribution in [3.8, 4) is 0 Å². The van der Waals surface area contributed by atoms with Gasteiger partial charge in [-0.2, -0.15) is 5.10 Å². The molecular weight excluding hydrogens is 405 g/mol. The Hall–Kier alpha value is -1.28. The maximum absolute atomic E-state index is 12.8. The molecule has 27 heavy (non-hydrogen) atoms. The molecular formula is C18H25Cl2N5OS. The van der Waals surface area contributed by atoms with Gasteiger partial charge in [-0.25, -0.2) is 4.98 Å². The number of halogens is 2. The van der Waals surface area contributed by atoms with Gasteiger partial charge in [0.1, 0.15) is 6.33 Å². The summed E-state index contributed by atoms with van der Waals surface area (Å²) in [5.74, 6) is 0.928. The van der Waals surface area contributed by atoms with Crippen molar-refractivity contribution in [1.82, 2.24) is 25.4 Å². The molecule has 2 saturated heterocycles. The van der Waals surface area contributed by atoms with Crippen LogP contribution in [0.15, 0.2) is 35.7 Å². The maximum atomic E-state index is 12.8. The number of piperidine rings is 1. The Balaban J connectivity index is 0.00000131. The van der Waals surface area contributed by atoms with Crippen LogP contribution in [-0.4, -0.2) is 51.2 Å². The Morgan fingerprint density at radius 3 is 2.44 bits per heavy atom. The van der Waals surface area contributed by atoms with Crippen molar-refractivity contribution < 1.29 is 4.79 Å². The van der Waals surface area contributed by atoms with E-state index in [0.29, 0.717) is 18.1 Å². The number of H-pyrrole nitrogens is 1. The zero-order chi connectivity index (χ0) is 17.2. The molecule has 2 unspecified atom stereocenters. The molecule has 0 radical (unpaired) electrons. The predicted molar refractivity (Wildman–Crippen MR) is 112 cm³/mol. The van der Waals surface area contributed by atoms with E-state index in [0.717, 1.165) is 29.3 Å². The third-order valence-corrected chi connectivity index (χ3v) is 6.23. The number of amides is 1. The molecule has 1 aromatic heterocycles. The summed E-state index contributed by atoms with van der Waals surface area (Å²) >= 11 is 1.60. The van der Waals surface area contributed by atoms with Crippen LogP contribution >= 0.6 is 36.6 Å². The molecule has 0 aliphatic carbocycles. The number of fused-ring (bicyclic) bond motifs is 2. The second-order valence-corrected chi connectivity index (χ2v) is 7.92. The van der Waals surface area contributed by atoms with Crippen molar-refractivity contribution in [3.05, 3.63) is 41.7 Å². The number of nitrogens with zero attached hydrogens (tertiary/aromatic N) is 3. The molecule has 2 bridgehead atoms. The lowest BCUT2D eigenvalue weighted by Gasteiger charge is -2.35. The molecule has 2 atom stereocenters. The SMILES string of the molecule is CN(C(=O)c1ccc(CSc2ncn[nH]2)cc1)C1CC2CCC(C1)N2.Cl.Cl. The third kappa shape index (κ3) is 5.16. The van der Waals surface area contributed by atoms with Gasteiger partial charge in [0.2, 0.25) is 0 Å². The number of rotatable bonds is 5. The fraction of sp³-hybridized carbons (Fsp3) is 0.500. The van der Waals surface area contributed by atoms with Crippen molar-refractivity contribution in [2.45, 2.75) is 54.7 Å². The fourth-order valence-electron chi connectivity index (χ4n) is 3.87. The highest BCUT2D eigenvalue weighted by atomic mass is 35.5. The normalized spacial score (nSPS) is 23.2. The van der Waals surface area contributed by atoms with Gasteiger partial charge in [-0.3, -0.25) is 9.89 Å². The van der Waals surface area contributed by atoms with Crippen LogP contribution in [-0.2, 0) is 5.75 Å². The number of hydrogen-bond donors (Lipinski definition) is 2. The largest absolute Gasteiger partial charge is 0.339 e. The van der Waals surface area contributed by atoms with Crippen molar-refractivity contribution in [2.75, 3.05) is 7.05 Å². The summed E-state index contributed by atoms with van der Waals surface area (Å²) in [5, 5.41) is 11.1. The summed E-state index contributed by atoms with van der Waals surface area (Å²) in [6.07, 6.45) is 6.16. The zero-order valence-corrected chi connectivity index (χ0v) is 17.6. The van der Waals surface area contributed by atoms with Crippen molar-refractivity contribution in [1.29, 1.82) is 0 Å². The predicted octanol–water partition coefficient (Wildman–Crippen LogP) is 3.30. The molecule has 3 heterocycles. The van der Waals surface area contributed by atoms with Crippen LogP contribution in [0, 0.1) is 0 Å². The lowest BCUT2D eigenvalue weighted by Crippen LogP contribution is -2.48. The lowest BCUT2D eigenvalue weighted by molar-refractivity contribution is 0.0681. The number of benzene rings is 1. The molecule has 2 aliphatic rings. The van der Waals surface area contributed by atoms with Gasteiger partial charge in [-0.15, -0.1) is 24.8 Å². The molecule has 2 N–H and O–H groups in total. The highest BCUT2D eigenvalue weighted by Crippen LogP contribution is 2.30. The van der Waals surface area contributed by atoms with Crippen LogP contribution in [0.1, 0.15) is 41.6 Å². The first-order valence-corrected chi connectivity index (χ1v) is 9.78. The summed E-state index contributed by atoms with van der Waals surface area (Å²) in [5.41, 5.74) is 1.93. The Labute approximate surface area is 176 Å². The topological polar surface area (TPSA) is 73.9 Å². The second kappa shape index (κ2) is 9.78. The van der Waals surface area contributed by atoms with Gasteiger partial charge in [-0.1, -0.05) is 23.9 Å². The third-order valence-electron chi connectivity index (χ3n) is 5.29. The van der Waals surface area contributed by atoms with Gasteiger partial charge in [-0.05, 0) is 43.4 Å². The van der Waals surface area contributed by atoms with E-state index >= 15 is 0 Å². The fourth-order valence-corrected chi connectivity index (χ4v) is 4.61. The Morgan fingerprint density at radius 2 is 1.85 bits per heavy atom. The number of nitrogens with one attached hydrogen (secondary N) is 2. The van der Waals surface area contributed by atoms with Gasteiger partial charge >= 0.3 is 0 Å². The highest BCUT2D eigenvalue weighted by Gasteiger charge is 2.36. The van der Waals surface area contributed by atoms with Gasteiger partial charge in [0, 0.05) is 36.5 Å². The van der Waals surface area contributed by atoms with E-state index in [1.807, 2.05) is 36.2 Å². The average molecular weight is 430 g/mol. The molecule has 148 valence electrons. The summed E-state index contributed by atoms with van der Waals surface area (Å²) < 4.78 is 0. The molecule has 1 amide bonds. The molecule has 0 spiro atoms. The summed E-state index contributed by atoms with van der Waals surface area (Å²) in [4.78, 5) is 18.9. The summed E-state index contributed by atoms with van der Waals surface area (Å²) in [6, 6.07) is 9.46. The molecule has 2 aliphatic heterocycles. The maximum Gasteiger partial charge on any atom is 0.253 e. The van der Waals surface area contributed by atoms with Crippen molar-refractivity contribution in [3.63, 3.8) is 0 Å². The first-order chi connectivity index (χ1) is 12.2. The minimum absolute atomic E-state index is 0. The minimum atomic E-state index is 0. The molecule has 6 nitrogen and oxygen atoms in total. The van der Waals surface area contributed by atoms with Crippen LogP contribution in [0.25, 0.3) is 0 Å². The first-order valence-electron chi connectivity index (χ1n) is 8.79. The van der Waals surface area contributed by atoms with Crippen LogP contribution < -0.4 is 5.32 Å². The van der Waals surface area contributed by atoms with Gasteiger partial charge in [0.25, 0.3) is 5.91 Å². The standard InChI is InChI=1S/C18H23N5OS.2ClH/c1-23(16-8-14-6-7-15(9-16)21-14)17(24)13-4-2-12(3-5-13)10-25-18-19-11-20-22-18;;/h2-5,11,14-16,21H,6-10H2,1H3,(H,19,20,22);2*1H. The molecule has 2 aromatic rings.